The molecule has 0 aliphatic carbocycles. The third kappa shape index (κ3) is 3.29. The molecule has 0 aliphatic rings. The van der Waals surface area contributed by atoms with Crippen molar-refractivity contribution in [1.29, 1.82) is 0 Å². The molecule has 0 unspecified atom stereocenters. The molecule has 102 valence electrons. The van der Waals surface area contributed by atoms with Crippen LogP contribution in [0.1, 0.15) is 28.3 Å². The highest BCUT2D eigenvalue weighted by Gasteiger charge is 2.10. The SMILES string of the molecule is COc1c(C)cnc(CSCc2cc(C)on2)c1C. The summed E-state index contributed by atoms with van der Waals surface area (Å²) < 4.78 is 10.5. The Morgan fingerprint density at radius 1 is 1.26 bits per heavy atom. The fourth-order valence-corrected chi connectivity index (χ4v) is 2.89. The van der Waals surface area contributed by atoms with E-state index in [1.807, 2.05) is 26.1 Å². The molecular formula is C14H18N2O2S. The van der Waals surface area contributed by atoms with Gasteiger partial charge in [-0.05, 0) is 20.8 Å². The van der Waals surface area contributed by atoms with E-state index in [1.54, 1.807) is 18.9 Å². The number of aromatic nitrogens is 2. The quantitative estimate of drug-likeness (QED) is 0.838. The second-order valence-electron chi connectivity index (χ2n) is 4.47. The summed E-state index contributed by atoms with van der Waals surface area (Å²) in [4.78, 5) is 4.48. The number of methoxy groups -OCH3 is 1. The van der Waals surface area contributed by atoms with E-state index in [-0.39, 0.29) is 0 Å². The Labute approximate surface area is 117 Å². The lowest BCUT2D eigenvalue weighted by Gasteiger charge is -2.11. The Kier molecular flexibility index (Phi) is 4.47. The first-order valence-corrected chi connectivity index (χ1v) is 7.26. The van der Waals surface area contributed by atoms with Crippen LogP contribution in [0.25, 0.3) is 0 Å². The van der Waals surface area contributed by atoms with Gasteiger partial charge in [-0.2, -0.15) is 0 Å². The molecule has 0 radical (unpaired) electrons. The highest BCUT2D eigenvalue weighted by molar-refractivity contribution is 7.97. The van der Waals surface area contributed by atoms with Gasteiger partial charge in [0.1, 0.15) is 11.5 Å². The fourth-order valence-electron chi connectivity index (χ4n) is 1.95. The van der Waals surface area contributed by atoms with E-state index < -0.39 is 0 Å². The van der Waals surface area contributed by atoms with E-state index in [0.29, 0.717) is 0 Å². The Morgan fingerprint density at radius 3 is 2.68 bits per heavy atom. The maximum absolute atomic E-state index is 5.41. The van der Waals surface area contributed by atoms with Crippen LogP contribution >= 0.6 is 11.8 Å². The number of nitrogens with zero attached hydrogens (tertiary/aromatic N) is 2. The van der Waals surface area contributed by atoms with Crippen molar-refractivity contribution in [3.05, 3.63) is 40.5 Å². The van der Waals surface area contributed by atoms with Crippen LogP contribution in [-0.2, 0) is 11.5 Å². The maximum Gasteiger partial charge on any atom is 0.133 e. The van der Waals surface area contributed by atoms with Gasteiger partial charge in [0.15, 0.2) is 0 Å². The number of thioether (sulfide) groups is 1. The van der Waals surface area contributed by atoms with E-state index in [2.05, 4.69) is 17.1 Å². The summed E-state index contributed by atoms with van der Waals surface area (Å²) in [7, 11) is 1.70. The van der Waals surface area contributed by atoms with Crippen molar-refractivity contribution >= 4 is 11.8 Å². The topological polar surface area (TPSA) is 48.2 Å². The highest BCUT2D eigenvalue weighted by Crippen LogP contribution is 2.27. The molecule has 0 saturated heterocycles. The normalized spacial score (nSPS) is 10.7. The molecule has 0 N–H and O–H groups in total. The molecule has 2 aromatic heterocycles. The lowest BCUT2D eigenvalue weighted by Crippen LogP contribution is -1.99. The molecule has 0 atom stereocenters. The Bertz CT molecular complexity index is 567. The van der Waals surface area contributed by atoms with Crippen LogP contribution in [0.2, 0.25) is 0 Å². The zero-order chi connectivity index (χ0) is 13.8. The van der Waals surface area contributed by atoms with Crippen molar-refractivity contribution in [3.63, 3.8) is 0 Å². The van der Waals surface area contributed by atoms with Gasteiger partial charge in [0.2, 0.25) is 0 Å². The third-order valence-corrected chi connectivity index (χ3v) is 3.89. The summed E-state index contributed by atoms with van der Waals surface area (Å²) in [6, 6.07) is 1.96. The van der Waals surface area contributed by atoms with Crippen molar-refractivity contribution in [2.45, 2.75) is 32.3 Å². The Balaban J connectivity index is 2.00. The largest absolute Gasteiger partial charge is 0.496 e. The standard InChI is InChI=1S/C14H18N2O2S/c1-9-6-15-13(11(3)14(9)17-4)8-19-7-12-5-10(2)18-16-12/h5-6H,7-8H2,1-4H3. The number of ether oxygens (including phenoxy) is 1. The van der Waals surface area contributed by atoms with Crippen LogP contribution in [-0.4, -0.2) is 17.3 Å². The minimum atomic E-state index is 0.828. The average molecular weight is 278 g/mol. The summed E-state index contributed by atoms with van der Waals surface area (Å²) in [5, 5.41) is 3.98. The van der Waals surface area contributed by atoms with Crippen LogP contribution in [0.3, 0.4) is 0 Å². The molecule has 2 rings (SSSR count). The zero-order valence-corrected chi connectivity index (χ0v) is 12.5. The minimum absolute atomic E-state index is 0.828. The Hall–Kier alpha value is -1.49. The molecular weight excluding hydrogens is 260 g/mol. The van der Waals surface area contributed by atoms with Crippen molar-refractivity contribution in [1.82, 2.24) is 10.1 Å². The monoisotopic (exact) mass is 278 g/mol. The van der Waals surface area contributed by atoms with Gasteiger partial charge in [0.25, 0.3) is 0 Å². The molecule has 0 aliphatic heterocycles. The smallest absolute Gasteiger partial charge is 0.133 e. The molecule has 4 nitrogen and oxygen atoms in total. The second-order valence-corrected chi connectivity index (χ2v) is 5.45. The minimum Gasteiger partial charge on any atom is -0.496 e. The van der Waals surface area contributed by atoms with E-state index >= 15 is 0 Å². The molecule has 0 amide bonds. The zero-order valence-electron chi connectivity index (χ0n) is 11.7. The van der Waals surface area contributed by atoms with Crippen molar-refractivity contribution < 1.29 is 9.26 Å². The number of hydrogen-bond acceptors (Lipinski definition) is 5. The molecule has 19 heavy (non-hydrogen) atoms. The van der Waals surface area contributed by atoms with E-state index in [9.17, 15) is 0 Å². The predicted octanol–water partition coefficient (Wildman–Crippen LogP) is 3.44. The fraction of sp³-hybridized carbons (Fsp3) is 0.429. The number of hydrogen-bond donors (Lipinski definition) is 0. The molecule has 0 bridgehead atoms. The van der Waals surface area contributed by atoms with Crippen LogP contribution < -0.4 is 4.74 Å². The maximum atomic E-state index is 5.41. The molecule has 0 saturated carbocycles. The first-order valence-electron chi connectivity index (χ1n) is 6.10. The van der Waals surface area contributed by atoms with Crippen molar-refractivity contribution in [2.24, 2.45) is 0 Å². The predicted molar refractivity (Wildman–Crippen MR) is 76.5 cm³/mol. The number of rotatable bonds is 5. The van der Waals surface area contributed by atoms with Crippen LogP contribution in [0.5, 0.6) is 5.75 Å². The van der Waals surface area contributed by atoms with Gasteiger partial charge in [-0.3, -0.25) is 4.98 Å². The third-order valence-electron chi connectivity index (χ3n) is 2.92. The van der Waals surface area contributed by atoms with Crippen LogP contribution in [0, 0.1) is 20.8 Å². The molecule has 2 heterocycles. The van der Waals surface area contributed by atoms with Gasteiger partial charge in [0, 0.05) is 34.9 Å². The summed E-state index contributed by atoms with van der Waals surface area (Å²) in [6.07, 6.45) is 1.86. The van der Waals surface area contributed by atoms with Gasteiger partial charge >= 0.3 is 0 Å². The molecule has 0 aromatic carbocycles. The first kappa shape index (κ1) is 13.9. The summed E-state index contributed by atoms with van der Waals surface area (Å²) in [5.74, 6) is 3.45. The van der Waals surface area contributed by atoms with Crippen LogP contribution in [0.15, 0.2) is 16.8 Å². The molecule has 0 spiro atoms. The molecule has 2 aromatic rings. The molecule has 5 heteroatoms. The van der Waals surface area contributed by atoms with Gasteiger partial charge < -0.3 is 9.26 Å². The van der Waals surface area contributed by atoms with E-state index in [1.165, 1.54) is 0 Å². The van der Waals surface area contributed by atoms with Crippen molar-refractivity contribution in [2.75, 3.05) is 7.11 Å². The highest BCUT2D eigenvalue weighted by atomic mass is 32.2. The van der Waals surface area contributed by atoms with E-state index in [4.69, 9.17) is 9.26 Å². The summed E-state index contributed by atoms with van der Waals surface area (Å²) in [6.45, 7) is 5.96. The van der Waals surface area contributed by atoms with E-state index in [0.717, 1.165) is 45.5 Å². The average Bonchev–Trinajstić information content (AvgIpc) is 2.79. The lowest BCUT2D eigenvalue weighted by atomic mass is 10.1. The summed E-state index contributed by atoms with van der Waals surface area (Å²) in [5.41, 5.74) is 4.22. The lowest BCUT2D eigenvalue weighted by molar-refractivity contribution is 0.393. The molecule has 0 fully saturated rings. The van der Waals surface area contributed by atoms with Crippen molar-refractivity contribution in [3.8, 4) is 5.75 Å². The van der Waals surface area contributed by atoms with Crippen LogP contribution in [0.4, 0.5) is 0 Å². The summed E-state index contributed by atoms with van der Waals surface area (Å²) >= 11 is 1.77. The number of pyridine rings is 1. The Morgan fingerprint density at radius 2 is 2.05 bits per heavy atom. The van der Waals surface area contributed by atoms with Gasteiger partial charge in [-0.1, -0.05) is 5.16 Å². The second kappa shape index (κ2) is 6.10. The van der Waals surface area contributed by atoms with Gasteiger partial charge in [0.05, 0.1) is 18.5 Å². The van der Waals surface area contributed by atoms with Gasteiger partial charge in [-0.15, -0.1) is 11.8 Å². The number of aryl methyl sites for hydroxylation is 2. The van der Waals surface area contributed by atoms with Gasteiger partial charge in [-0.25, -0.2) is 0 Å². The first-order chi connectivity index (χ1) is 9.11.